The Morgan fingerprint density at radius 3 is 2.41 bits per heavy atom. The van der Waals surface area contributed by atoms with Gasteiger partial charge < -0.3 is 4.74 Å². The molecular weight excluding hydrogens is 424 g/mol. The van der Waals surface area contributed by atoms with Crippen molar-refractivity contribution in [3.05, 3.63) is 71.7 Å². The summed E-state index contributed by atoms with van der Waals surface area (Å²) in [5.41, 5.74) is 5.56. The van der Waals surface area contributed by atoms with E-state index in [1.165, 1.54) is 7.11 Å². The van der Waals surface area contributed by atoms with Crippen LogP contribution in [0, 0.1) is 13.8 Å². The van der Waals surface area contributed by atoms with Gasteiger partial charge in [0.1, 0.15) is 10.6 Å². The molecule has 0 atom stereocenters. The second kappa shape index (κ2) is 8.27. The predicted octanol–water partition coefficient (Wildman–Crippen LogP) is 4.95. The minimum Gasteiger partial charge on any atom is -0.495 e. The number of aryl methyl sites for hydroxylation is 2. The normalized spacial score (nSPS) is 11.8. The number of aromatic nitrogens is 3. The van der Waals surface area contributed by atoms with E-state index in [2.05, 4.69) is 28.7 Å². The maximum Gasteiger partial charge on any atom is 0.265 e. The molecule has 0 aliphatic heterocycles. The summed E-state index contributed by atoms with van der Waals surface area (Å²) in [4.78, 5) is 4.65. The largest absolute Gasteiger partial charge is 0.495 e. The summed E-state index contributed by atoms with van der Waals surface area (Å²) in [5, 5.41) is 4.42. The van der Waals surface area contributed by atoms with Crippen molar-refractivity contribution < 1.29 is 13.2 Å². The third-order valence-electron chi connectivity index (χ3n) is 5.37. The maximum absolute atomic E-state index is 13.3. The Labute approximate surface area is 188 Å². The number of fused-ring (bicyclic) bond motifs is 1. The number of nitrogens with one attached hydrogen (secondary N) is 1. The van der Waals surface area contributed by atoms with Crippen LogP contribution in [0.5, 0.6) is 5.75 Å². The van der Waals surface area contributed by atoms with Crippen molar-refractivity contribution >= 4 is 21.4 Å². The van der Waals surface area contributed by atoms with E-state index in [4.69, 9.17) is 4.74 Å². The molecule has 166 valence electrons. The van der Waals surface area contributed by atoms with Gasteiger partial charge in [0.15, 0.2) is 5.65 Å². The Bertz CT molecular complexity index is 1390. The van der Waals surface area contributed by atoms with Crippen LogP contribution in [0.15, 0.2) is 59.6 Å². The number of methoxy groups -OCH3 is 1. The van der Waals surface area contributed by atoms with Gasteiger partial charge in [-0.3, -0.25) is 4.72 Å². The lowest BCUT2D eigenvalue weighted by atomic mass is 10.0. The molecular formula is C24H26N4O3S. The van der Waals surface area contributed by atoms with E-state index in [1.807, 2.05) is 38.1 Å². The van der Waals surface area contributed by atoms with Crippen molar-refractivity contribution in [1.29, 1.82) is 0 Å². The zero-order valence-electron chi connectivity index (χ0n) is 18.7. The van der Waals surface area contributed by atoms with Crippen molar-refractivity contribution in [2.75, 3.05) is 11.8 Å². The third-order valence-corrected chi connectivity index (χ3v) is 6.77. The molecule has 2 aromatic carbocycles. The molecule has 0 saturated carbocycles. The van der Waals surface area contributed by atoms with Crippen LogP contribution in [-0.2, 0) is 10.0 Å². The summed E-state index contributed by atoms with van der Waals surface area (Å²) < 4.78 is 36.3. The number of nitrogens with zero attached hydrogens (tertiary/aromatic N) is 3. The van der Waals surface area contributed by atoms with Crippen molar-refractivity contribution in [3.8, 4) is 16.9 Å². The van der Waals surface area contributed by atoms with Crippen molar-refractivity contribution in [3.63, 3.8) is 0 Å². The fraction of sp³-hybridized carbons (Fsp3) is 0.250. The molecule has 2 heterocycles. The van der Waals surface area contributed by atoms with E-state index in [-0.39, 0.29) is 10.6 Å². The van der Waals surface area contributed by atoms with Gasteiger partial charge in [-0.2, -0.15) is 5.10 Å². The van der Waals surface area contributed by atoms with E-state index in [1.54, 1.807) is 35.0 Å². The van der Waals surface area contributed by atoms with E-state index < -0.39 is 10.0 Å². The van der Waals surface area contributed by atoms with Crippen LogP contribution in [0.3, 0.4) is 0 Å². The van der Waals surface area contributed by atoms with Crippen LogP contribution in [0.1, 0.15) is 36.7 Å². The highest BCUT2D eigenvalue weighted by Crippen LogP contribution is 2.33. The summed E-state index contributed by atoms with van der Waals surface area (Å²) in [6.07, 6.45) is 1.70. The number of anilines is 1. The number of sulfonamides is 1. The first-order chi connectivity index (χ1) is 15.2. The third kappa shape index (κ3) is 4.05. The summed E-state index contributed by atoms with van der Waals surface area (Å²) in [5.74, 6) is 0.626. The molecule has 32 heavy (non-hydrogen) atoms. The Morgan fingerprint density at radius 1 is 1.03 bits per heavy atom. The van der Waals surface area contributed by atoms with Crippen LogP contribution in [0.4, 0.5) is 5.69 Å². The van der Waals surface area contributed by atoms with Gasteiger partial charge in [-0.25, -0.2) is 17.9 Å². The summed E-state index contributed by atoms with van der Waals surface area (Å²) in [7, 11) is -2.44. The standard InChI is InChI=1S/C24H26N4O3S/c1-15(2)18-6-9-20(10-7-18)27-32(29,30)23-13-19(8-11-22(23)31-5)21-14-25-28-17(4)12-16(3)26-24(21)28/h6-15,27H,1-5H3. The van der Waals surface area contributed by atoms with Crippen LogP contribution in [0.25, 0.3) is 16.8 Å². The molecule has 0 aliphatic carbocycles. The zero-order valence-corrected chi connectivity index (χ0v) is 19.6. The average molecular weight is 451 g/mol. The second-order valence-electron chi connectivity index (χ2n) is 8.08. The number of rotatable bonds is 6. The first kappa shape index (κ1) is 21.8. The predicted molar refractivity (Wildman–Crippen MR) is 126 cm³/mol. The molecule has 0 unspecified atom stereocenters. The highest BCUT2D eigenvalue weighted by Gasteiger charge is 2.22. The molecule has 8 heteroatoms. The van der Waals surface area contributed by atoms with Crippen molar-refractivity contribution in [2.45, 2.75) is 38.5 Å². The number of benzene rings is 2. The van der Waals surface area contributed by atoms with Gasteiger partial charge in [0, 0.05) is 22.6 Å². The quantitative estimate of drug-likeness (QED) is 0.449. The summed E-state index contributed by atoms with van der Waals surface area (Å²) in [6.45, 7) is 8.06. The number of hydrogen-bond donors (Lipinski definition) is 1. The maximum atomic E-state index is 13.3. The Morgan fingerprint density at radius 2 is 1.75 bits per heavy atom. The fourth-order valence-electron chi connectivity index (χ4n) is 3.67. The van der Waals surface area contributed by atoms with Crippen molar-refractivity contribution in [2.24, 2.45) is 0 Å². The van der Waals surface area contributed by atoms with Gasteiger partial charge in [0.05, 0.1) is 13.3 Å². The molecule has 7 nitrogen and oxygen atoms in total. The van der Waals surface area contributed by atoms with Gasteiger partial charge in [-0.05, 0) is 61.2 Å². The van der Waals surface area contributed by atoms with E-state index in [0.29, 0.717) is 22.8 Å². The molecule has 4 rings (SSSR count). The lowest BCUT2D eigenvalue weighted by Gasteiger charge is -2.14. The first-order valence-corrected chi connectivity index (χ1v) is 11.8. The zero-order chi connectivity index (χ0) is 23.0. The summed E-state index contributed by atoms with van der Waals surface area (Å²) in [6, 6.07) is 14.4. The minimum absolute atomic E-state index is 0.0501. The minimum atomic E-state index is -3.89. The number of ether oxygens (including phenoxy) is 1. The van der Waals surface area contributed by atoms with E-state index in [9.17, 15) is 8.42 Å². The molecule has 0 radical (unpaired) electrons. The molecule has 0 fully saturated rings. The highest BCUT2D eigenvalue weighted by molar-refractivity contribution is 7.92. The van der Waals surface area contributed by atoms with E-state index in [0.717, 1.165) is 22.5 Å². The molecule has 0 spiro atoms. The molecule has 1 N–H and O–H groups in total. The van der Waals surface area contributed by atoms with Gasteiger partial charge >= 0.3 is 0 Å². The molecule has 0 aliphatic rings. The van der Waals surface area contributed by atoms with Gasteiger partial charge in [0.2, 0.25) is 0 Å². The topological polar surface area (TPSA) is 85.6 Å². The molecule has 4 aromatic rings. The van der Waals surface area contributed by atoms with Gasteiger partial charge in [-0.1, -0.05) is 32.0 Å². The number of hydrogen-bond acceptors (Lipinski definition) is 5. The van der Waals surface area contributed by atoms with Gasteiger partial charge in [-0.15, -0.1) is 0 Å². The Hall–Kier alpha value is -3.39. The SMILES string of the molecule is COc1ccc(-c2cnn3c(C)cc(C)nc23)cc1S(=O)(=O)Nc1ccc(C(C)C)cc1. The monoisotopic (exact) mass is 450 g/mol. The van der Waals surface area contributed by atoms with Crippen LogP contribution in [0.2, 0.25) is 0 Å². The Kier molecular flexibility index (Phi) is 5.64. The van der Waals surface area contributed by atoms with Crippen LogP contribution >= 0.6 is 0 Å². The molecule has 2 aromatic heterocycles. The first-order valence-electron chi connectivity index (χ1n) is 10.3. The highest BCUT2D eigenvalue weighted by atomic mass is 32.2. The van der Waals surface area contributed by atoms with Crippen LogP contribution < -0.4 is 9.46 Å². The van der Waals surface area contributed by atoms with Crippen molar-refractivity contribution in [1.82, 2.24) is 14.6 Å². The smallest absolute Gasteiger partial charge is 0.265 e. The second-order valence-corrected chi connectivity index (χ2v) is 9.73. The van der Waals surface area contributed by atoms with Gasteiger partial charge in [0.25, 0.3) is 10.0 Å². The molecule has 0 bridgehead atoms. The van der Waals surface area contributed by atoms with Crippen LogP contribution in [-0.4, -0.2) is 30.1 Å². The Balaban J connectivity index is 1.77. The lowest BCUT2D eigenvalue weighted by Crippen LogP contribution is -2.14. The lowest BCUT2D eigenvalue weighted by molar-refractivity contribution is 0.403. The average Bonchev–Trinajstić information content (AvgIpc) is 3.17. The summed E-state index contributed by atoms with van der Waals surface area (Å²) >= 11 is 0. The van der Waals surface area contributed by atoms with E-state index >= 15 is 0 Å². The molecule has 0 amide bonds. The molecule has 0 saturated heterocycles. The fourth-order valence-corrected chi connectivity index (χ4v) is 4.93.